The molecule has 28 heavy (non-hydrogen) atoms. The number of aromatic hydroxyl groups is 1. The van der Waals surface area contributed by atoms with Gasteiger partial charge in [0.1, 0.15) is 11.5 Å². The first kappa shape index (κ1) is 17.9. The van der Waals surface area contributed by atoms with Gasteiger partial charge in [-0.1, -0.05) is 54.2 Å². The highest BCUT2D eigenvalue weighted by Gasteiger charge is 2.12. The van der Waals surface area contributed by atoms with Crippen molar-refractivity contribution in [2.24, 2.45) is 5.10 Å². The largest absolute Gasteiger partial charge is 0.507 e. The van der Waals surface area contributed by atoms with Gasteiger partial charge in [0.2, 0.25) is 0 Å². The minimum Gasteiger partial charge on any atom is -0.507 e. The lowest BCUT2D eigenvalue weighted by Crippen LogP contribution is -2.17. The van der Waals surface area contributed by atoms with Crippen LogP contribution in [0.15, 0.2) is 98.4 Å². The lowest BCUT2D eigenvalue weighted by molar-refractivity contribution is 0.0952. The highest BCUT2D eigenvalue weighted by molar-refractivity contribution is 7.99. The van der Waals surface area contributed by atoms with Gasteiger partial charge < -0.3 is 9.52 Å². The molecule has 3 aromatic carbocycles. The van der Waals surface area contributed by atoms with Crippen LogP contribution in [0.1, 0.15) is 16.1 Å². The molecule has 1 amide bonds. The zero-order valence-electron chi connectivity index (χ0n) is 14.7. The molecule has 2 N–H and O–H groups in total. The molecule has 0 radical (unpaired) electrons. The Morgan fingerprint density at radius 1 is 0.964 bits per heavy atom. The van der Waals surface area contributed by atoms with Crippen LogP contribution in [0, 0.1) is 0 Å². The normalized spacial score (nSPS) is 11.1. The van der Waals surface area contributed by atoms with E-state index in [2.05, 4.69) is 10.5 Å². The molecule has 6 heteroatoms. The number of hydrogen-bond donors (Lipinski definition) is 2. The van der Waals surface area contributed by atoms with Crippen LogP contribution in [0.25, 0.3) is 10.8 Å². The Morgan fingerprint density at radius 3 is 2.46 bits per heavy atom. The first-order valence-electron chi connectivity index (χ1n) is 8.57. The lowest BCUT2D eigenvalue weighted by atomic mass is 10.1. The van der Waals surface area contributed by atoms with Gasteiger partial charge in [0.15, 0.2) is 5.09 Å². The summed E-state index contributed by atoms with van der Waals surface area (Å²) < 4.78 is 5.67. The summed E-state index contributed by atoms with van der Waals surface area (Å²) in [4.78, 5) is 13.4. The molecule has 1 aromatic heterocycles. The maximum atomic E-state index is 12.3. The second kappa shape index (κ2) is 8.02. The molecule has 0 aliphatic heterocycles. The van der Waals surface area contributed by atoms with E-state index in [0.717, 1.165) is 20.8 Å². The number of amides is 1. The molecule has 138 valence electrons. The van der Waals surface area contributed by atoms with Crippen molar-refractivity contribution in [3.63, 3.8) is 0 Å². The van der Waals surface area contributed by atoms with Crippen molar-refractivity contribution in [2.45, 2.75) is 9.99 Å². The molecule has 4 aromatic rings. The number of phenolic OH excluding ortho intramolecular Hbond substituents is 1. The van der Waals surface area contributed by atoms with E-state index in [0.29, 0.717) is 5.76 Å². The van der Waals surface area contributed by atoms with Crippen LogP contribution < -0.4 is 5.43 Å². The maximum absolute atomic E-state index is 12.3. The number of benzene rings is 3. The maximum Gasteiger partial charge on any atom is 0.275 e. The minimum absolute atomic E-state index is 0.0917. The SMILES string of the molecule is O=C(N/N=C/c1ccc(Sc2ccccc2)o1)c1cc2ccccc2cc1O. The highest BCUT2D eigenvalue weighted by atomic mass is 32.2. The average Bonchev–Trinajstić information content (AvgIpc) is 3.15. The van der Waals surface area contributed by atoms with E-state index in [9.17, 15) is 9.90 Å². The minimum atomic E-state index is -0.495. The number of carbonyl (C=O) groups is 1. The van der Waals surface area contributed by atoms with Gasteiger partial charge in [0.05, 0.1) is 11.8 Å². The number of nitrogens with one attached hydrogen (secondary N) is 1. The first-order chi connectivity index (χ1) is 13.7. The van der Waals surface area contributed by atoms with E-state index in [1.54, 1.807) is 18.2 Å². The number of rotatable bonds is 5. The molecule has 1 heterocycles. The van der Waals surface area contributed by atoms with Crippen LogP contribution >= 0.6 is 11.8 Å². The molecule has 0 aliphatic carbocycles. The number of hydrazone groups is 1. The summed E-state index contributed by atoms with van der Waals surface area (Å²) >= 11 is 1.50. The molecule has 5 nitrogen and oxygen atoms in total. The van der Waals surface area contributed by atoms with Gasteiger partial charge in [-0.2, -0.15) is 5.10 Å². The number of carbonyl (C=O) groups excluding carboxylic acids is 1. The Morgan fingerprint density at radius 2 is 1.68 bits per heavy atom. The standard InChI is InChI=1S/C22H16N2O3S/c25-20-13-16-7-5-4-6-15(16)12-19(20)22(26)24-23-14-17-10-11-21(27-17)28-18-8-2-1-3-9-18/h1-14,25H,(H,24,26)/b23-14+. The molecule has 0 atom stereocenters. The molecular weight excluding hydrogens is 372 g/mol. The van der Waals surface area contributed by atoms with Gasteiger partial charge in [-0.05, 0) is 47.2 Å². The fourth-order valence-corrected chi connectivity index (χ4v) is 3.49. The fourth-order valence-electron chi connectivity index (χ4n) is 2.69. The molecule has 0 aliphatic rings. The summed E-state index contributed by atoms with van der Waals surface area (Å²) in [5.41, 5.74) is 2.58. The Labute approximate surface area is 165 Å². The van der Waals surface area contributed by atoms with E-state index >= 15 is 0 Å². The van der Waals surface area contributed by atoms with E-state index in [1.807, 2.05) is 60.7 Å². The molecule has 0 saturated heterocycles. The van der Waals surface area contributed by atoms with Gasteiger partial charge in [-0.15, -0.1) is 0 Å². The van der Waals surface area contributed by atoms with Crippen LogP contribution in [0.2, 0.25) is 0 Å². The highest BCUT2D eigenvalue weighted by Crippen LogP contribution is 2.28. The van der Waals surface area contributed by atoms with Crippen molar-refractivity contribution in [3.8, 4) is 5.75 Å². The topological polar surface area (TPSA) is 74.8 Å². The Balaban J connectivity index is 1.42. The van der Waals surface area contributed by atoms with Crippen LogP contribution in [-0.4, -0.2) is 17.2 Å². The summed E-state index contributed by atoms with van der Waals surface area (Å²) in [6.45, 7) is 0. The van der Waals surface area contributed by atoms with Crippen LogP contribution in [0.5, 0.6) is 5.75 Å². The van der Waals surface area contributed by atoms with Gasteiger partial charge in [-0.3, -0.25) is 4.79 Å². The summed E-state index contributed by atoms with van der Waals surface area (Å²) in [5, 5.41) is 16.5. The van der Waals surface area contributed by atoms with Gasteiger partial charge in [0.25, 0.3) is 5.91 Å². The third-order valence-corrected chi connectivity index (χ3v) is 4.96. The summed E-state index contributed by atoms with van der Waals surface area (Å²) in [6, 6.07) is 24.2. The first-order valence-corrected chi connectivity index (χ1v) is 9.38. The molecule has 0 bridgehead atoms. The van der Waals surface area contributed by atoms with Crippen molar-refractivity contribution in [3.05, 3.63) is 90.2 Å². The molecule has 0 spiro atoms. The summed E-state index contributed by atoms with van der Waals surface area (Å²) in [6.07, 6.45) is 1.42. The number of furan rings is 1. The smallest absolute Gasteiger partial charge is 0.275 e. The van der Waals surface area contributed by atoms with E-state index in [4.69, 9.17) is 4.42 Å². The number of nitrogens with zero attached hydrogens (tertiary/aromatic N) is 1. The molecule has 0 fully saturated rings. The third-order valence-electron chi connectivity index (χ3n) is 4.03. The predicted molar refractivity (Wildman–Crippen MR) is 110 cm³/mol. The second-order valence-corrected chi connectivity index (χ2v) is 7.07. The fraction of sp³-hybridized carbons (Fsp3) is 0. The number of hydrogen-bond acceptors (Lipinski definition) is 5. The monoisotopic (exact) mass is 388 g/mol. The van der Waals surface area contributed by atoms with E-state index < -0.39 is 5.91 Å². The van der Waals surface area contributed by atoms with Gasteiger partial charge in [-0.25, -0.2) is 5.43 Å². The molecule has 0 saturated carbocycles. The van der Waals surface area contributed by atoms with Crippen molar-refractivity contribution in [1.29, 1.82) is 0 Å². The van der Waals surface area contributed by atoms with E-state index in [1.165, 1.54) is 18.0 Å². The molecule has 0 unspecified atom stereocenters. The van der Waals surface area contributed by atoms with Gasteiger partial charge in [0, 0.05) is 4.90 Å². The Kier molecular flexibility index (Phi) is 5.12. The summed E-state index contributed by atoms with van der Waals surface area (Å²) in [5.74, 6) is -0.0719. The number of fused-ring (bicyclic) bond motifs is 1. The quantitative estimate of drug-likeness (QED) is 0.370. The lowest BCUT2D eigenvalue weighted by Gasteiger charge is -2.05. The van der Waals surface area contributed by atoms with Crippen molar-refractivity contribution in [2.75, 3.05) is 0 Å². The second-order valence-electron chi connectivity index (χ2n) is 5.99. The number of phenols is 1. The zero-order chi connectivity index (χ0) is 19.3. The van der Waals surface area contributed by atoms with Crippen LogP contribution in [-0.2, 0) is 0 Å². The predicted octanol–water partition coefficient (Wildman–Crippen LogP) is 5.05. The summed E-state index contributed by atoms with van der Waals surface area (Å²) in [7, 11) is 0. The average molecular weight is 388 g/mol. The Hall–Kier alpha value is -3.51. The van der Waals surface area contributed by atoms with E-state index in [-0.39, 0.29) is 11.3 Å². The van der Waals surface area contributed by atoms with Crippen molar-refractivity contribution >= 4 is 34.7 Å². The third kappa shape index (κ3) is 4.07. The zero-order valence-corrected chi connectivity index (χ0v) is 15.5. The van der Waals surface area contributed by atoms with Crippen molar-refractivity contribution < 1.29 is 14.3 Å². The Bertz CT molecular complexity index is 1150. The molecule has 4 rings (SSSR count). The van der Waals surface area contributed by atoms with Crippen molar-refractivity contribution in [1.82, 2.24) is 5.43 Å². The van der Waals surface area contributed by atoms with Gasteiger partial charge >= 0.3 is 0 Å². The van der Waals surface area contributed by atoms with Crippen LogP contribution in [0.4, 0.5) is 0 Å². The van der Waals surface area contributed by atoms with Crippen LogP contribution in [0.3, 0.4) is 0 Å². The molecular formula is C22H16N2O3S.